The first kappa shape index (κ1) is 20.4. The molecule has 0 aliphatic rings. The fourth-order valence-electron chi connectivity index (χ4n) is 2.37. The number of ether oxygens (including phenoxy) is 1. The van der Waals surface area contributed by atoms with E-state index in [0.717, 1.165) is 26.6 Å². The number of rotatable bonds is 8. The van der Waals surface area contributed by atoms with E-state index in [9.17, 15) is 13.2 Å². The maximum absolute atomic E-state index is 12.2. The Morgan fingerprint density at radius 2 is 1.89 bits per heavy atom. The Hall–Kier alpha value is -2.30. The van der Waals surface area contributed by atoms with Crippen LogP contribution in [0.5, 0.6) is 5.75 Å². The second kappa shape index (κ2) is 8.80. The van der Waals surface area contributed by atoms with E-state index in [4.69, 9.17) is 4.74 Å². The molecule has 0 atom stereocenters. The highest BCUT2D eigenvalue weighted by Crippen LogP contribution is 2.31. The SMILES string of the molecule is CCOc1ccc(NC(=O)CSc2nc3ccc(NS(C)(=O)=O)cc3s2)cc1. The first-order chi connectivity index (χ1) is 13.3. The van der Waals surface area contributed by atoms with Crippen LogP contribution in [0.2, 0.25) is 0 Å². The molecule has 1 aromatic heterocycles. The lowest BCUT2D eigenvalue weighted by atomic mass is 10.3. The van der Waals surface area contributed by atoms with Gasteiger partial charge in [-0.2, -0.15) is 0 Å². The predicted octanol–water partition coefficient (Wildman–Crippen LogP) is 3.80. The topological polar surface area (TPSA) is 97.4 Å². The van der Waals surface area contributed by atoms with Crippen molar-refractivity contribution in [1.29, 1.82) is 0 Å². The lowest BCUT2D eigenvalue weighted by Gasteiger charge is -2.06. The molecule has 0 aliphatic carbocycles. The molecule has 0 radical (unpaired) electrons. The molecule has 2 N–H and O–H groups in total. The first-order valence-corrected chi connectivity index (χ1v) is 12.1. The molecule has 3 aromatic rings. The summed E-state index contributed by atoms with van der Waals surface area (Å²) < 4.78 is 32.1. The van der Waals surface area contributed by atoms with Crippen molar-refractivity contribution in [2.45, 2.75) is 11.3 Å². The summed E-state index contributed by atoms with van der Waals surface area (Å²) in [6, 6.07) is 12.4. The van der Waals surface area contributed by atoms with Crippen LogP contribution < -0.4 is 14.8 Å². The Labute approximate surface area is 171 Å². The van der Waals surface area contributed by atoms with Gasteiger partial charge in [-0.05, 0) is 49.4 Å². The molecule has 148 valence electrons. The van der Waals surface area contributed by atoms with E-state index in [1.807, 2.05) is 19.1 Å². The van der Waals surface area contributed by atoms with E-state index in [1.165, 1.54) is 23.1 Å². The van der Waals surface area contributed by atoms with Crippen LogP contribution in [0.25, 0.3) is 10.2 Å². The Balaban J connectivity index is 1.59. The average molecular weight is 438 g/mol. The van der Waals surface area contributed by atoms with E-state index < -0.39 is 10.0 Å². The summed E-state index contributed by atoms with van der Waals surface area (Å²) >= 11 is 2.75. The first-order valence-electron chi connectivity index (χ1n) is 8.36. The minimum Gasteiger partial charge on any atom is -0.494 e. The molecule has 2 aromatic carbocycles. The summed E-state index contributed by atoms with van der Waals surface area (Å²) in [4.78, 5) is 16.6. The van der Waals surface area contributed by atoms with Gasteiger partial charge in [0, 0.05) is 5.69 Å². The Morgan fingerprint density at radius 1 is 1.18 bits per heavy atom. The van der Waals surface area contributed by atoms with Crippen LogP contribution in [0.4, 0.5) is 11.4 Å². The number of thioether (sulfide) groups is 1. The number of aromatic nitrogens is 1. The highest BCUT2D eigenvalue weighted by molar-refractivity contribution is 8.01. The maximum atomic E-state index is 12.2. The van der Waals surface area contributed by atoms with Gasteiger partial charge in [0.15, 0.2) is 4.34 Å². The number of nitrogens with one attached hydrogen (secondary N) is 2. The van der Waals surface area contributed by atoms with E-state index in [-0.39, 0.29) is 11.7 Å². The molecule has 0 unspecified atom stereocenters. The monoisotopic (exact) mass is 437 g/mol. The lowest BCUT2D eigenvalue weighted by molar-refractivity contribution is -0.113. The number of thiazole rings is 1. The summed E-state index contributed by atoms with van der Waals surface area (Å²) in [6.45, 7) is 2.51. The number of hydrogen-bond acceptors (Lipinski definition) is 7. The molecule has 10 heteroatoms. The van der Waals surface area contributed by atoms with Gasteiger partial charge in [-0.25, -0.2) is 13.4 Å². The third kappa shape index (κ3) is 5.85. The van der Waals surface area contributed by atoms with Gasteiger partial charge in [-0.15, -0.1) is 11.3 Å². The molecule has 0 saturated carbocycles. The second-order valence-corrected chi connectivity index (χ2v) is 9.83. The van der Waals surface area contributed by atoms with E-state index in [2.05, 4.69) is 15.0 Å². The number of benzene rings is 2. The average Bonchev–Trinajstić information content (AvgIpc) is 3.03. The summed E-state index contributed by atoms with van der Waals surface area (Å²) in [5, 5.41) is 2.83. The van der Waals surface area contributed by atoms with Crippen LogP contribution in [0, 0.1) is 0 Å². The highest BCUT2D eigenvalue weighted by atomic mass is 32.2. The van der Waals surface area contributed by atoms with Crippen molar-refractivity contribution in [3.63, 3.8) is 0 Å². The number of carbonyl (C=O) groups excluding carboxylic acids is 1. The van der Waals surface area contributed by atoms with Crippen molar-refractivity contribution in [3.05, 3.63) is 42.5 Å². The molecule has 0 fully saturated rings. The van der Waals surface area contributed by atoms with Gasteiger partial charge < -0.3 is 10.1 Å². The lowest BCUT2D eigenvalue weighted by Crippen LogP contribution is -2.13. The van der Waals surface area contributed by atoms with Gasteiger partial charge in [0.05, 0.1) is 34.5 Å². The molecule has 28 heavy (non-hydrogen) atoms. The molecule has 0 saturated heterocycles. The van der Waals surface area contributed by atoms with Crippen LogP contribution in [0.3, 0.4) is 0 Å². The molecule has 1 amide bonds. The van der Waals surface area contributed by atoms with Crippen molar-refractivity contribution in [3.8, 4) is 5.75 Å². The van der Waals surface area contributed by atoms with E-state index in [0.29, 0.717) is 18.0 Å². The third-order valence-electron chi connectivity index (χ3n) is 3.45. The molecular weight excluding hydrogens is 418 g/mol. The van der Waals surface area contributed by atoms with E-state index in [1.54, 1.807) is 30.3 Å². The second-order valence-electron chi connectivity index (χ2n) is 5.83. The smallest absolute Gasteiger partial charge is 0.234 e. The van der Waals surface area contributed by atoms with E-state index >= 15 is 0 Å². The maximum Gasteiger partial charge on any atom is 0.234 e. The summed E-state index contributed by atoms with van der Waals surface area (Å²) in [5.41, 5.74) is 1.96. The molecule has 7 nitrogen and oxygen atoms in total. The largest absolute Gasteiger partial charge is 0.494 e. The van der Waals surface area contributed by atoms with Crippen molar-refractivity contribution in [1.82, 2.24) is 4.98 Å². The van der Waals surface area contributed by atoms with Crippen LogP contribution in [-0.2, 0) is 14.8 Å². The zero-order valence-electron chi connectivity index (χ0n) is 15.3. The van der Waals surface area contributed by atoms with Crippen molar-refractivity contribution >= 4 is 60.6 Å². The van der Waals surface area contributed by atoms with Crippen LogP contribution in [0.15, 0.2) is 46.8 Å². The van der Waals surface area contributed by atoms with Crippen LogP contribution in [0.1, 0.15) is 6.92 Å². The fourth-order valence-corrected chi connectivity index (χ4v) is 4.83. The fraction of sp³-hybridized carbons (Fsp3) is 0.222. The minimum absolute atomic E-state index is 0.132. The quantitative estimate of drug-likeness (QED) is 0.520. The van der Waals surface area contributed by atoms with Gasteiger partial charge in [0.2, 0.25) is 15.9 Å². The standard InChI is InChI=1S/C18H19N3O4S3/c1-3-25-14-7-4-12(5-8-14)19-17(22)11-26-18-20-15-9-6-13(10-16(15)27-18)21-28(2,23)24/h4-10,21H,3,11H2,1-2H3,(H,19,22). The molecule has 0 spiro atoms. The Morgan fingerprint density at radius 3 is 2.57 bits per heavy atom. The predicted molar refractivity (Wildman–Crippen MR) is 115 cm³/mol. The summed E-state index contributed by atoms with van der Waals surface area (Å²) in [6.07, 6.45) is 1.11. The molecule has 1 heterocycles. The van der Waals surface area contributed by atoms with Crippen LogP contribution >= 0.6 is 23.1 Å². The molecule has 3 rings (SSSR count). The normalized spacial score (nSPS) is 11.4. The Kier molecular flexibility index (Phi) is 6.42. The van der Waals surface area contributed by atoms with Gasteiger partial charge in [-0.1, -0.05) is 11.8 Å². The van der Waals surface area contributed by atoms with Gasteiger partial charge in [0.1, 0.15) is 5.75 Å². The number of fused-ring (bicyclic) bond motifs is 1. The number of hydrogen-bond donors (Lipinski definition) is 2. The summed E-state index contributed by atoms with van der Waals surface area (Å²) in [5.74, 6) is 0.850. The number of anilines is 2. The van der Waals surface area contributed by atoms with Gasteiger partial charge in [0.25, 0.3) is 0 Å². The molecular formula is C18H19N3O4S3. The number of amides is 1. The zero-order chi connectivity index (χ0) is 20.1. The molecule has 0 bridgehead atoms. The number of carbonyl (C=O) groups is 1. The number of nitrogens with zero attached hydrogens (tertiary/aromatic N) is 1. The van der Waals surface area contributed by atoms with Crippen molar-refractivity contribution in [2.24, 2.45) is 0 Å². The number of sulfonamides is 1. The van der Waals surface area contributed by atoms with Crippen LogP contribution in [-0.4, -0.2) is 37.9 Å². The van der Waals surface area contributed by atoms with Gasteiger partial charge in [-0.3, -0.25) is 9.52 Å². The minimum atomic E-state index is -3.33. The van der Waals surface area contributed by atoms with Crippen molar-refractivity contribution in [2.75, 3.05) is 28.7 Å². The summed E-state index contributed by atoms with van der Waals surface area (Å²) in [7, 11) is -3.33. The third-order valence-corrected chi connectivity index (χ3v) is 6.22. The zero-order valence-corrected chi connectivity index (χ0v) is 17.7. The molecule has 0 aliphatic heterocycles. The van der Waals surface area contributed by atoms with Crippen molar-refractivity contribution < 1.29 is 17.9 Å². The highest BCUT2D eigenvalue weighted by Gasteiger charge is 2.10. The van der Waals surface area contributed by atoms with Gasteiger partial charge >= 0.3 is 0 Å². The Bertz CT molecular complexity index is 1080.